The minimum Gasteiger partial charge on any atom is -0.492 e. The minimum atomic E-state index is -0.221. The predicted octanol–water partition coefficient (Wildman–Crippen LogP) is 6.26. The fraction of sp³-hybridized carbons (Fsp3) is 0.273. The number of hydrogen-bond acceptors (Lipinski definition) is 1. The van der Waals surface area contributed by atoms with Crippen molar-refractivity contribution in [1.82, 2.24) is 0 Å². The number of halogens is 1. The van der Waals surface area contributed by atoms with Crippen LogP contribution in [0.25, 0.3) is 16.7 Å². The maximum absolute atomic E-state index is 13.1. The summed E-state index contributed by atoms with van der Waals surface area (Å²) in [6.45, 7) is 7.13. The van der Waals surface area contributed by atoms with Gasteiger partial charge < -0.3 is 4.74 Å². The maximum Gasteiger partial charge on any atom is 0.127 e. The van der Waals surface area contributed by atoms with Crippen molar-refractivity contribution in [3.8, 4) is 16.9 Å². The third-order valence-electron chi connectivity index (χ3n) is 4.15. The molecular weight excluding hydrogens is 299 g/mol. The molecule has 0 aromatic heterocycles. The molecule has 1 aliphatic rings. The second kappa shape index (κ2) is 6.64. The van der Waals surface area contributed by atoms with E-state index in [-0.39, 0.29) is 11.2 Å². The first-order valence-electron chi connectivity index (χ1n) is 8.41. The molecule has 1 aliphatic heterocycles. The summed E-state index contributed by atoms with van der Waals surface area (Å²) >= 11 is 0. The van der Waals surface area contributed by atoms with E-state index in [1.807, 2.05) is 0 Å². The van der Waals surface area contributed by atoms with Crippen molar-refractivity contribution in [3.63, 3.8) is 0 Å². The van der Waals surface area contributed by atoms with E-state index in [0.717, 1.165) is 28.9 Å². The quantitative estimate of drug-likeness (QED) is 0.648. The fourth-order valence-corrected chi connectivity index (χ4v) is 2.89. The average Bonchev–Trinajstić information content (AvgIpc) is 2.69. The predicted molar refractivity (Wildman–Crippen MR) is 98.5 cm³/mol. The molecule has 24 heavy (non-hydrogen) atoms. The molecule has 1 heterocycles. The molecular formula is C22H23FO. The van der Waals surface area contributed by atoms with E-state index >= 15 is 0 Å². The number of hydrogen-bond donors (Lipinski definition) is 0. The summed E-state index contributed by atoms with van der Waals surface area (Å²) in [6, 6.07) is 12.8. The van der Waals surface area contributed by atoms with Gasteiger partial charge in [-0.2, -0.15) is 0 Å². The molecule has 0 atom stereocenters. The van der Waals surface area contributed by atoms with Gasteiger partial charge in [-0.15, -0.1) is 0 Å². The SMILES string of the molecule is CCC=CC1=CC(C)(C)COc2cc(-c3ccc(F)cc3)ccc21. The van der Waals surface area contributed by atoms with Gasteiger partial charge in [0.2, 0.25) is 0 Å². The Morgan fingerprint density at radius 2 is 1.79 bits per heavy atom. The van der Waals surface area contributed by atoms with Crippen LogP contribution >= 0.6 is 0 Å². The number of rotatable bonds is 3. The van der Waals surface area contributed by atoms with Gasteiger partial charge in [-0.25, -0.2) is 4.39 Å². The van der Waals surface area contributed by atoms with E-state index in [1.165, 1.54) is 17.7 Å². The highest BCUT2D eigenvalue weighted by Gasteiger charge is 2.23. The molecule has 3 rings (SSSR count). The van der Waals surface area contributed by atoms with Gasteiger partial charge in [0, 0.05) is 11.0 Å². The van der Waals surface area contributed by atoms with Gasteiger partial charge in [0.15, 0.2) is 0 Å². The molecule has 0 N–H and O–H groups in total. The lowest BCUT2D eigenvalue weighted by Crippen LogP contribution is -2.17. The topological polar surface area (TPSA) is 9.23 Å². The van der Waals surface area contributed by atoms with E-state index in [0.29, 0.717) is 6.61 Å². The van der Waals surface area contributed by atoms with Crippen LogP contribution in [0, 0.1) is 11.2 Å². The normalized spacial score (nSPS) is 16.2. The molecule has 2 aromatic carbocycles. The van der Waals surface area contributed by atoms with Crippen LogP contribution in [0.15, 0.2) is 60.7 Å². The van der Waals surface area contributed by atoms with Crippen molar-refractivity contribution in [2.24, 2.45) is 5.41 Å². The summed E-state index contributed by atoms with van der Waals surface area (Å²) in [7, 11) is 0. The summed E-state index contributed by atoms with van der Waals surface area (Å²) in [5, 5.41) is 0. The first kappa shape index (κ1) is 16.5. The van der Waals surface area contributed by atoms with Crippen LogP contribution < -0.4 is 4.74 Å². The molecule has 2 aromatic rings. The third kappa shape index (κ3) is 3.59. The minimum absolute atomic E-state index is 0.0253. The molecule has 0 aliphatic carbocycles. The van der Waals surface area contributed by atoms with Gasteiger partial charge in [-0.3, -0.25) is 0 Å². The highest BCUT2D eigenvalue weighted by Crippen LogP contribution is 2.38. The Balaban J connectivity index is 2.04. The molecule has 0 spiro atoms. The Kier molecular flexibility index (Phi) is 4.57. The van der Waals surface area contributed by atoms with Crippen LogP contribution in [0.4, 0.5) is 4.39 Å². The van der Waals surface area contributed by atoms with Crippen molar-refractivity contribution in [2.75, 3.05) is 6.61 Å². The lowest BCUT2D eigenvalue weighted by atomic mass is 9.90. The molecule has 0 fully saturated rings. The van der Waals surface area contributed by atoms with Crippen LogP contribution in [0.2, 0.25) is 0 Å². The molecule has 0 unspecified atom stereocenters. The highest BCUT2D eigenvalue weighted by atomic mass is 19.1. The summed E-state index contributed by atoms with van der Waals surface area (Å²) in [6.07, 6.45) is 7.63. The van der Waals surface area contributed by atoms with E-state index in [1.54, 1.807) is 12.1 Å². The molecule has 0 amide bonds. The Bertz CT molecular complexity index is 782. The second-order valence-electron chi connectivity index (χ2n) is 6.91. The molecule has 1 nitrogen and oxygen atoms in total. The van der Waals surface area contributed by atoms with Crippen molar-refractivity contribution >= 4 is 5.57 Å². The number of allylic oxidation sites excluding steroid dienone is 3. The molecule has 124 valence electrons. The van der Waals surface area contributed by atoms with Crippen LogP contribution in [-0.4, -0.2) is 6.61 Å². The molecule has 0 saturated carbocycles. The summed E-state index contributed by atoms with van der Waals surface area (Å²) in [5.74, 6) is 0.663. The Morgan fingerprint density at radius 3 is 2.50 bits per heavy atom. The molecule has 0 saturated heterocycles. The van der Waals surface area contributed by atoms with Crippen LogP contribution in [-0.2, 0) is 0 Å². The average molecular weight is 322 g/mol. The monoisotopic (exact) mass is 322 g/mol. The van der Waals surface area contributed by atoms with Crippen LogP contribution in [0.5, 0.6) is 5.75 Å². The largest absolute Gasteiger partial charge is 0.492 e. The molecule has 0 radical (unpaired) electrons. The zero-order valence-corrected chi connectivity index (χ0v) is 14.5. The summed E-state index contributed by atoms with van der Waals surface area (Å²) < 4.78 is 19.2. The van der Waals surface area contributed by atoms with Gasteiger partial charge >= 0.3 is 0 Å². The molecule has 2 heteroatoms. The Morgan fingerprint density at radius 1 is 1.08 bits per heavy atom. The lowest BCUT2D eigenvalue weighted by molar-refractivity contribution is 0.225. The lowest BCUT2D eigenvalue weighted by Gasteiger charge is -2.18. The van der Waals surface area contributed by atoms with Crippen molar-refractivity contribution in [3.05, 3.63) is 72.1 Å². The first-order valence-corrected chi connectivity index (χ1v) is 8.41. The smallest absolute Gasteiger partial charge is 0.127 e. The number of benzene rings is 2. The maximum atomic E-state index is 13.1. The van der Waals surface area contributed by atoms with Crippen molar-refractivity contribution in [1.29, 1.82) is 0 Å². The van der Waals surface area contributed by atoms with Gasteiger partial charge in [0.05, 0.1) is 6.61 Å². The van der Waals surface area contributed by atoms with Crippen molar-refractivity contribution < 1.29 is 9.13 Å². The number of ether oxygens (including phenoxy) is 1. The van der Waals surface area contributed by atoms with Gasteiger partial charge in [0.1, 0.15) is 11.6 Å². The Labute approximate surface area is 143 Å². The highest BCUT2D eigenvalue weighted by molar-refractivity contribution is 5.81. The summed E-state index contributed by atoms with van der Waals surface area (Å²) in [5.41, 5.74) is 4.30. The molecule has 0 bridgehead atoms. The standard InChI is InChI=1S/C22H23FO/c1-4-5-6-18-14-22(2,3)15-24-21-13-17(9-12-20(18)21)16-7-10-19(23)11-8-16/h5-14H,4,15H2,1-3H3. The van der Waals surface area contributed by atoms with Crippen molar-refractivity contribution in [2.45, 2.75) is 27.2 Å². The van der Waals surface area contributed by atoms with Gasteiger partial charge in [-0.1, -0.05) is 63.3 Å². The summed E-state index contributed by atoms with van der Waals surface area (Å²) in [4.78, 5) is 0. The van der Waals surface area contributed by atoms with Crippen LogP contribution in [0.1, 0.15) is 32.8 Å². The zero-order chi connectivity index (χ0) is 17.2. The van der Waals surface area contributed by atoms with Crippen LogP contribution in [0.3, 0.4) is 0 Å². The number of fused-ring (bicyclic) bond motifs is 1. The van der Waals surface area contributed by atoms with E-state index < -0.39 is 0 Å². The second-order valence-corrected chi connectivity index (χ2v) is 6.91. The Hall–Kier alpha value is -2.35. The van der Waals surface area contributed by atoms with E-state index in [4.69, 9.17) is 4.74 Å². The van der Waals surface area contributed by atoms with Gasteiger partial charge in [-0.05, 0) is 41.3 Å². The fourth-order valence-electron chi connectivity index (χ4n) is 2.89. The third-order valence-corrected chi connectivity index (χ3v) is 4.15. The van der Waals surface area contributed by atoms with E-state index in [9.17, 15) is 4.39 Å². The first-order chi connectivity index (χ1) is 11.5. The zero-order valence-electron chi connectivity index (χ0n) is 14.5. The van der Waals surface area contributed by atoms with E-state index in [2.05, 4.69) is 57.2 Å². The van der Waals surface area contributed by atoms with Gasteiger partial charge in [0.25, 0.3) is 0 Å².